The van der Waals surface area contributed by atoms with Crippen LogP contribution in [-0.2, 0) is 9.47 Å². The van der Waals surface area contributed by atoms with Crippen molar-refractivity contribution in [2.45, 2.75) is 74.4 Å². The van der Waals surface area contributed by atoms with Gasteiger partial charge in [-0.1, -0.05) is 6.92 Å². The van der Waals surface area contributed by atoms with E-state index in [-0.39, 0.29) is 6.42 Å². The molecule has 11 N–H and O–H groups in total. The Morgan fingerprint density at radius 1 is 1.00 bits per heavy atom. The highest BCUT2D eigenvalue weighted by atomic mass is 16.7. The van der Waals surface area contributed by atoms with Gasteiger partial charge in [-0.15, -0.1) is 0 Å². The van der Waals surface area contributed by atoms with Crippen molar-refractivity contribution in [1.82, 2.24) is 5.32 Å². The van der Waals surface area contributed by atoms with Gasteiger partial charge in [-0.05, 0) is 13.0 Å². The van der Waals surface area contributed by atoms with Gasteiger partial charge in [0.25, 0.3) is 0 Å². The van der Waals surface area contributed by atoms with Gasteiger partial charge in [0.2, 0.25) is 0 Å². The van der Waals surface area contributed by atoms with E-state index in [1.54, 1.807) is 0 Å². The van der Waals surface area contributed by atoms with Crippen molar-refractivity contribution in [3.05, 3.63) is 0 Å². The highest BCUT2D eigenvalue weighted by molar-refractivity contribution is 4.99. The standard InChI is InChI=1S/C14H30N4O6/c1-2-18-4-7-10(20)11(21)8(17)14(23-7)24-13-6(16)3-5(15)9(19)12(13)22/h5-14,18-22H,2-4,15-17H2,1H3/t5-,6+,7-,8-,9+,10-,11-,12-,13-,14-/m1/s1. The largest absolute Gasteiger partial charge is 0.389 e. The molecule has 24 heavy (non-hydrogen) atoms. The SMILES string of the molecule is CCNC[C@H]1O[C@H](O[C@H]2[C@H](O)[C@@H](O)[C@H](N)C[C@@H]2N)[C@H](N)[C@@H](O)[C@@H]1O. The second-order valence-corrected chi connectivity index (χ2v) is 6.55. The van der Waals surface area contributed by atoms with Crippen LogP contribution >= 0.6 is 0 Å². The van der Waals surface area contributed by atoms with Crippen LogP contribution in [0, 0.1) is 0 Å². The van der Waals surface area contributed by atoms with Gasteiger partial charge in [0, 0.05) is 18.6 Å². The van der Waals surface area contributed by atoms with Crippen LogP contribution in [0.5, 0.6) is 0 Å². The Hall–Kier alpha value is -0.400. The lowest BCUT2D eigenvalue weighted by Crippen LogP contribution is -2.67. The van der Waals surface area contributed by atoms with Crippen LogP contribution in [-0.4, -0.2) is 94.6 Å². The zero-order valence-electron chi connectivity index (χ0n) is 13.7. The van der Waals surface area contributed by atoms with E-state index in [9.17, 15) is 20.4 Å². The number of aliphatic hydroxyl groups excluding tert-OH is 4. The summed E-state index contributed by atoms with van der Waals surface area (Å²) in [5.74, 6) is 0. The van der Waals surface area contributed by atoms with Gasteiger partial charge in [0.15, 0.2) is 6.29 Å². The summed E-state index contributed by atoms with van der Waals surface area (Å²) >= 11 is 0. The molecule has 0 aromatic heterocycles. The molecule has 10 atom stereocenters. The molecule has 10 heteroatoms. The second-order valence-electron chi connectivity index (χ2n) is 6.55. The Morgan fingerprint density at radius 3 is 2.29 bits per heavy atom. The predicted octanol–water partition coefficient (Wildman–Crippen LogP) is -4.46. The lowest BCUT2D eigenvalue weighted by molar-refractivity contribution is -0.288. The fourth-order valence-corrected chi connectivity index (χ4v) is 3.16. The first-order valence-electron chi connectivity index (χ1n) is 8.28. The van der Waals surface area contributed by atoms with Gasteiger partial charge in [0.05, 0.1) is 12.1 Å². The van der Waals surface area contributed by atoms with Crippen LogP contribution in [0.15, 0.2) is 0 Å². The summed E-state index contributed by atoms with van der Waals surface area (Å²) in [4.78, 5) is 0. The molecule has 1 saturated carbocycles. The lowest BCUT2D eigenvalue weighted by Gasteiger charge is -2.46. The first kappa shape index (κ1) is 19.9. The van der Waals surface area contributed by atoms with Gasteiger partial charge >= 0.3 is 0 Å². The topological polar surface area (TPSA) is 189 Å². The van der Waals surface area contributed by atoms with Crippen LogP contribution in [0.3, 0.4) is 0 Å². The minimum absolute atomic E-state index is 0.261. The molecule has 0 bridgehead atoms. The van der Waals surface area contributed by atoms with E-state index in [2.05, 4.69) is 5.32 Å². The first-order valence-corrected chi connectivity index (χ1v) is 8.28. The zero-order valence-corrected chi connectivity index (χ0v) is 13.7. The maximum Gasteiger partial charge on any atom is 0.176 e. The molecule has 0 amide bonds. The molecule has 1 aliphatic heterocycles. The zero-order chi connectivity index (χ0) is 18.0. The fourth-order valence-electron chi connectivity index (χ4n) is 3.16. The van der Waals surface area contributed by atoms with Crippen LogP contribution in [0.25, 0.3) is 0 Å². The van der Waals surface area contributed by atoms with Gasteiger partial charge in [-0.25, -0.2) is 0 Å². The molecular formula is C14H30N4O6. The van der Waals surface area contributed by atoms with Crippen LogP contribution < -0.4 is 22.5 Å². The number of hydrogen-bond donors (Lipinski definition) is 8. The number of hydrogen-bond acceptors (Lipinski definition) is 10. The van der Waals surface area contributed by atoms with Crippen LogP contribution in [0.1, 0.15) is 13.3 Å². The molecular weight excluding hydrogens is 320 g/mol. The Kier molecular flexibility index (Phi) is 6.90. The summed E-state index contributed by atoms with van der Waals surface area (Å²) in [6.45, 7) is 2.86. The third-order valence-electron chi connectivity index (χ3n) is 4.73. The number of aliphatic hydroxyl groups is 4. The number of likely N-dealkylation sites (N-methyl/N-ethyl adjacent to an activating group) is 1. The van der Waals surface area contributed by atoms with E-state index in [1.807, 2.05) is 6.92 Å². The smallest absolute Gasteiger partial charge is 0.176 e. The first-order chi connectivity index (χ1) is 11.3. The van der Waals surface area contributed by atoms with Gasteiger partial charge in [-0.2, -0.15) is 0 Å². The molecule has 1 saturated heterocycles. The van der Waals surface area contributed by atoms with E-state index < -0.39 is 61.0 Å². The molecule has 2 fully saturated rings. The minimum Gasteiger partial charge on any atom is -0.389 e. The molecule has 0 spiro atoms. The summed E-state index contributed by atoms with van der Waals surface area (Å²) in [5, 5.41) is 43.3. The number of ether oxygens (including phenoxy) is 2. The monoisotopic (exact) mass is 350 g/mol. The number of rotatable bonds is 5. The van der Waals surface area contributed by atoms with E-state index in [1.165, 1.54) is 0 Å². The minimum atomic E-state index is -1.30. The van der Waals surface area contributed by atoms with Crippen molar-refractivity contribution in [2.24, 2.45) is 17.2 Å². The summed E-state index contributed by atoms with van der Waals surface area (Å²) in [6.07, 6.45) is -7.39. The molecule has 0 radical (unpaired) electrons. The van der Waals surface area contributed by atoms with Crippen LogP contribution in [0.2, 0.25) is 0 Å². The van der Waals surface area contributed by atoms with Crippen molar-refractivity contribution in [3.8, 4) is 0 Å². The van der Waals surface area contributed by atoms with Gasteiger partial charge in [-0.3, -0.25) is 0 Å². The third-order valence-corrected chi connectivity index (χ3v) is 4.73. The molecule has 0 aromatic carbocycles. The Morgan fingerprint density at radius 2 is 1.67 bits per heavy atom. The summed E-state index contributed by atoms with van der Waals surface area (Å²) in [7, 11) is 0. The molecule has 2 rings (SSSR count). The average Bonchev–Trinajstić information content (AvgIpc) is 2.55. The predicted molar refractivity (Wildman–Crippen MR) is 84.6 cm³/mol. The van der Waals surface area contributed by atoms with Crippen molar-refractivity contribution >= 4 is 0 Å². The average molecular weight is 350 g/mol. The molecule has 1 aliphatic carbocycles. The molecule has 2 aliphatic rings. The van der Waals surface area contributed by atoms with Crippen molar-refractivity contribution < 1.29 is 29.9 Å². The van der Waals surface area contributed by atoms with Gasteiger partial charge < -0.3 is 52.4 Å². The van der Waals surface area contributed by atoms with E-state index in [0.29, 0.717) is 13.1 Å². The summed E-state index contributed by atoms with van der Waals surface area (Å²) in [5.41, 5.74) is 17.6. The molecule has 10 nitrogen and oxygen atoms in total. The van der Waals surface area contributed by atoms with E-state index in [4.69, 9.17) is 26.7 Å². The quantitative estimate of drug-likeness (QED) is 0.240. The third kappa shape index (κ3) is 4.05. The number of nitrogens with two attached hydrogens (primary N) is 3. The molecule has 142 valence electrons. The Labute approximate surface area is 140 Å². The van der Waals surface area contributed by atoms with Crippen molar-refractivity contribution in [1.29, 1.82) is 0 Å². The highest BCUT2D eigenvalue weighted by Crippen LogP contribution is 2.27. The summed E-state index contributed by atoms with van der Waals surface area (Å²) < 4.78 is 11.3. The van der Waals surface area contributed by atoms with E-state index >= 15 is 0 Å². The molecule has 0 aromatic rings. The van der Waals surface area contributed by atoms with Crippen LogP contribution in [0.4, 0.5) is 0 Å². The van der Waals surface area contributed by atoms with Crippen molar-refractivity contribution in [3.63, 3.8) is 0 Å². The van der Waals surface area contributed by atoms with Crippen molar-refractivity contribution in [2.75, 3.05) is 13.1 Å². The van der Waals surface area contributed by atoms with Gasteiger partial charge in [0.1, 0.15) is 30.5 Å². The van der Waals surface area contributed by atoms with E-state index in [0.717, 1.165) is 0 Å². The fraction of sp³-hybridized carbons (Fsp3) is 1.00. The molecule has 1 heterocycles. The number of nitrogens with one attached hydrogen (secondary N) is 1. The Bertz CT molecular complexity index is 405. The maximum absolute atomic E-state index is 10.2. The second kappa shape index (κ2) is 8.32. The maximum atomic E-state index is 10.2. The normalized spacial score (nSPS) is 50.0. The summed E-state index contributed by atoms with van der Waals surface area (Å²) in [6, 6.07) is -2.29. The highest BCUT2D eigenvalue weighted by Gasteiger charge is 2.47. The lowest BCUT2D eigenvalue weighted by atomic mass is 9.84. The molecule has 0 unspecified atom stereocenters. The Balaban J connectivity index is 2.06.